The van der Waals surface area contributed by atoms with Crippen molar-refractivity contribution in [1.29, 1.82) is 0 Å². The molecule has 0 rings (SSSR count). The smallest absolute Gasteiger partial charge is 0.262 e. The highest BCUT2D eigenvalue weighted by Crippen LogP contribution is 2.12. The molecule has 1 amide bonds. The highest BCUT2D eigenvalue weighted by molar-refractivity contribution is 5.79. The van der Waals surface area contributed by atoms with Gasteiger partial charge in [-0.2, -0.15) is 0 Å². The van der Waals surface area contributed by atoms with Crippen molar-refractivity contribution in [2.45, 2.75) is 83.2 Å². The molecule has 0 aliphatic rings. The normalized spacial score (nSPS) is 12.3. The minimum absolute atomic E-state index is 0.321. The highest BCUT2D eigenvalue weighted by Gasteiger charge is 2.11. The molecule has 0 saturated heterocycles. The number of rotatable bonds is 14. The van der Waals surface area contributed by atoms with Crippen LogP contribution >= 0.6 is 0 Å². The largest absolute Gasteiger partial charge is 0.396 e. The molecule has 0 fully saturated rings. The average molecular weight is 288 g/mol. The standard InChI is InChI=1S/C15H32N2O3/c16-17-15(20)14(19)12-10-8-6-4-2-1-3-5-7-9-11-13-18/h14,18-19H,1-13,16H2,(H,17,20)/t14-/m1/s1. The van der Waals surface area contributed by atoms with Gasteiger partial charge in [0.2, 0.25) is 0 Å². The predicted octanol–water partition coefficient (Wildman–Crippen LogP) is 2.01. The molecule has 0 aliphatic heterocycles. The fraction of sp³-hybridized carbons (Fsp3) is 0.933. The lowest BCUT2D eigenvalue weighted by Gasteiger charge is -2.08. The van der Waals surface area contributed by atoms with Gasteiger partial charge >= 0.3 is 0 Å². The maximum atomic E-state index is 10.9. The van der Waals surface area contributed by atoms with Crippen LogP contribution in [0.1, 0.15) is 77.0 Å². The number of carbonyl (C=O) groups excluding carboxylic acids is 1. The second-order valence-corrected chi connectivity index (χ2v) is 5.43. The Morgan fingerprint density at radius 2 is 1.25 bits per heavy atom. The molecular formula is C15H32N2O3. The first-order valence-electron chi connectivity index (χ1n) is 8.01. The first-order chi connectivity index (χ1) is 9.72. The fourth-order valence-electron chi connectivity index (χ4n) is 2.27. The van der Waals surface area contributed by atoms with Gasteiger partial charge in [0.25, 0.3) is 5.91 Å². The van der Waals surface area contributed by atoms with Gasteiger partial charge in [-0.15, -0.1) is 0 Å². The van der Waals surface area contributed by atoms with E-state index in [0.717, 1.165) is 25.7 Å². The lowest BCUT2D eigenvalue weighted by molar-refractivity contribution is -0.129. The van der Waals surface area contributed by atoms with Gasteiger partial charge in [-0.3, -0.25) is 10.2 Å². The van der Waals surface area contributed by atoms with E-state index in [-0.39, 0.29) is 0 Å². The summed E-state index contributed by atoms with van der Waals surface area (Å²) in [4.78, 5) is 10.9. The van der Waals surface area contributed by atoms with Crippen molar-refractivity contribution in [2.75, 3.05) is 6.61 Å². The Balaban J connectivity index is 3.11. The highest BCUT2D eigenvalue weighted by atomic mass is 16.3. The van der Waals surface area contributed by atoms with Gasteiger partial charge in [-0.05, 0) is 12.8 Å². The minimum atomic E-state index is -0.959. The third-order valence-electron chi connectivity index (χ3n) is 3.58. The second kappa shape index (κ2) is 14.8. The first kappa shape index (κ1) is 19.4. The van der Waals surface area contributed by atoms with Gasteiger partial charge in [0.1, 0.15) is 6.10 Å². The zero-order chi connectivity index (χ0) is 15.1. The van der Waals surface area contributed by atoms with E-state index in [2.05, 4.69) is 0 Å². The molecule has 0 aromatic carbocycles. The number of unbranched alkanes of at least 4 members (excludes halogenated alkanes) is 10. The molecule has 0 unspecified atom stereocenters. The summed E-state index contributed by atoms with van der Waals surface area (Å²) in [5.74, 6) is 4.44. The van der Waals surface area contributed by atoms with E-state index in [1.54, 1.807) is 0 Å². The van der Waals surface area contributed by atoms with Gasteiger partial charge < -0.3 is 10.2 Å². The van der Waals surface area contributed by atoms with Crippen molar-refractivity contribution in [3.05, 3.63) is 0 Å². The van der Waals surface area contributed by atoms with E-state index < -0.39 is 12.0 Å². The van der Waals surface area contributed by atoms with Gasteiger partial charge in [0, 0.05) is 6.61 Å². The van der Waals surface area contributed by atoms with E-state index in [4.69, 9.17) is 10.9 Å². The van der Waals surface area contributed by atoms with E-state index in [1.807, 2.05) is 5.43 Å². The summed E-state index contributed by atoms with van der Waals surface area (Å²) >= 11 is 0. The van der Waals surface area contributed by atoms with Crippen LogP contribution in [-0.2, 0) is 4.79 Å². The van der Waals surface area contributed by atoms with Crippen molar-refractivity contribution in [3.8, 4) is 0 Å². The Morgan fingerprint density at radius 3 is 1.65 bits per heavy atom. The maximum Gasteiger partial charge on any atom is 0.262 e. The summed E-state index contributed by atoms with van der Waals surface area (Å²) in [7, 11) is 0. The number of aliphatic hydroxyl groups excluding tert-OH is 2. The van der Waals surface area contributed by atoms with Crippen molar-refractivity contribution in [1.82, 2.24) is 5.43 Å². The van der Waals surface area contributed by atoms with Crippen molar-refractivity contribution in [2.24, 2.45) is 5.84 Å². The summed E-state index contributed by atoms with van der Waals surface area (Å²) in [5.41, 5.74) is 1.96. The summed E-state index contributed by atoms with van der Waals surface area (Å²) in [5, 5.41) is 18.0. The van der Waals surface area contributed by atoms with Crippen LogP contribution in [0.2, 0.25) is 0 Å². The molecule has 5 heteroatoms. The number of hydrazine groups is 1. The zero-order valence-electron chi connectivity index (χ0n) is 12.6. The van der Waals surface area contributed by atoms with Crippen LogP contribution < -0.4 is 11.3 Å². The van der Waals surface area contributed by atoms with E-state index in [0.29, 0.717) is 13.0 Å². The average Bonchev–Trinajstić information content (AvgIpc) is 2.47. The number of hydrogen-bond donors (Lipinski definition) is 4. The molecule has 0 aromatic rings. The van der Waals surface area contributed by atoms with E-state index in [9.17, 15) is 9.90 Å². The Morgan fingerprint density at radius 1 is 0.850 bits per heavy atom. The number of nitrogens with two attached hydrogens (primary N) is 1. The monoisotopic (exact) mass is 288 g/mol. The lowest BCUT2D eigenvalue weighted by atomic mass is 10.0. The molecular weight excluding hydrogens is 256 g/mol. The van der Waals surface area contributed by atoms with E-state index in [1.165, 1.54) is 44.9 Å². The SMILES string of the molecule is NNC(=O)[C@H](O)CCCCCCCCCCCCCO. The molecule has 0 aromatic heterocycles. The topological polar surface area (TPSA) is 95.6 Å². The third-order valence-corrected chi connectivity index (χ3v) is 3.58. The van der Waals surface area contributed by atoms with Crippen molar-refractivity contribution >= 4 is 5.91 Å². The Bertz CT molecular complexity index is 225. The van der Waals surface area contributed by atoms with Crippen LogP contribution in [0.25, 0.3) is 0 Å². The molecule has 20 heavy (non-hydrogen) atoms. The molecule has 0 saturated carbocycles. The molecule has 5 N–H and O–H groups in total. The van der Waals surface area contributed by atoms with E-state index >= 15 is 0 Å². The Kier molecular flexibility index (Phi) is 14.3. The number of aliphatic hydroxyl groups is 2. The first-order valence-corrected chi connectivity index (χ1v) is 8.01. The summed E-state index contributed by atoms with van der Waals surface area (Å²) in [6.07, 6.45) is 12.3. The second-order valence-electron chi connectivity index (χ2n) is 5.43. The molecule has 5 nitrogen and oxygen atoms in total. The van der Waals surface area contributed by atoms with Gasteiger partial charge in [-0.1, -0.05) is 64.2 Å². The summed E-state index contributed by atoms with van der Waals surface area (Å²) in [6.45, 7) is 0.321. The van der Waals surface area contributed by atoms with Gasteiger partial charge in [-0.25, -0.2) is 5.84 Å². The Hall–Kier alpha value is -0.650. The summed E-state index contributed by atoms with van der Waals surface area (Å²) < 4.78 is 0. The number of amides is 1. The molecule has 0 radical (unpaired) electrons. The number of carbonyl (C=O) groups is 1. The Labute approximate surface area is 122 Å². The third kappa shape index (κ3) is 12.4. The lowest BCUT2D eigenvalue weighted by Crippen LogP contribution is -2.38. The summed E-state index contributed by atoms with van der Waals surface area (Å²) in [6, 6.07) is 0. The molecule has 0 heterocycles. The zero-order valence-corrected chi connectivity index (χ0v) is 12.6. The van der Waals surface area contributed by atoms with Crippen LogP contribution in [0.4, 0.5) is 0 Å². The van der Waals surface area contributed by atoms with Crippen LogP contribution in [0.15, 0.2) is 0 Å². The quantitative estimate of drug-likeness (QED) is 0.170. The fourth-order valence-corrected chi connectivity index (χ4v) is 2.27. The molecule has 0 bridgehead atoms. The van der Waals surface area contributed by atoms with Crippen LogP contribution in [0.3, 0.4) is 0 Å². The molecule has 120 valence electrons. The number of hydrogen-bond acceptors (Lipinski definition) is 4. The van der Waals surface area contributed by atoms with Crippen LogP contribution in [0.5, 0.6) is 0 Å². The van der Waals surface area contributed by atoms with Crippen molar-refractivity contribution < 1.29 is 15.0 Å². The van der Waals surface area contributed by atoms with Gasteiger partial charge in [0.05, 0.1) is 0 Å². The van der Waals surface area contributed by atoms with Crippen molar-refractivity contribution in [3.63, 3.8) is 0 Å². The number of nitrogens with one attached hydrogen (secondary N) is 1. The van der Waals surface area contributed by atoms with Crippen LogP contribution in [-0.4, -0.2) is 28.8 Å². The molecule has 1 atom stereocenters. The molecule has 0 spiro atoms. The maximum absolute atomic E-state index is 10.9. The predicted molar refractivity (Wildman–Crippen MR) is 80.8 cm³/mol. The molecule has 0 aliphatic carbocycles. The minimum Gasteiger partial charge on any atom is -0.396 e. The van der Waals surface area contributed by atoms with Gasteiger partial charge in [0.15, 0.2) is 0 Å². The van der Waals surface area contributed by atoms with Crippen LogP contribution in [0, 0.1) is 0 Å².